The van der Waals surface area contributed by atoms with Gasteiger partial charge in [-0.15, -0.1) is 0 Å². The topological polar surface area (TPSA) is 98.0 Å². The Balaban J connectivity index is 1.69. The van der Waals surface area contributed by atoms with Crippen LogP contribution in [0.5, 0.6) is 0 Å². The van der Waals surface area contributed by atoms with E-state index in [0.717, 1.165) is 16.8 Å². The van der Waals surface area contributed by atoms with E-state index in [1.54, 1.807) is 43.3 Å². The zero-order chi connectivity index (χ0) is 21.0. The fraction of sp³-hybridized carbons (Fsp3) is 0.136. The Morgan fingerprint density at radius 1 is 1.07 bits per heavy atom. The number of hydrazone groups is 1. The predicted molar refractivity (Wildman–Crippen MR) is 109 cm³/mol. The Bertz CT molecular complexity index is 1080. The molecule has 0 spiro atoms. The van der Waals surface area contributed by atoms with Crippen LogP contribution >= 0.6 is 0 Å². The van der Waals surface area contributed by atoms with Crippen LogP contribution in [0.15, 0.2) is 64.1 Å². The van der Waals surface area contributed by atoms with Crippen LogP contribution in [0.25, 0.3) is 11.3 Å². The second-order valence-electron chi connectivity index (χ2n) is 6.66. The standard InChI is InChI=1S/C22H21N3O4/c1-14-11-16(22(27)28)7-9-19(14)20-10-8-18(29-20)13-23-24-21(26)15-5-4-6-17(12-15)25(2)3/h4-13H,1-3H3,(H,24,26)(H,27,28)/p-1/b23-13-. The second-order valence-corrected chi connectivity index (χ2v) is 6.66. The van der Waals surface area contributed by atoms with Crippen molar-refractivity contribution >= 4 is 23.8 Å². The number of carboxylic acid groups (broad SMARTS) is 1. The van der Waals surface area contributed by atoms with E-state index in [-0.39, 0.29) is 11.5 Å². The molecule has 0 aliphatic rings. The first-order valence-corrected chi connectivity index (χ1v) is 8.88. The molecule has 1 heterocycles. The number of carboxylic acids is 1. The Morgan fingerprint density at radius 2 is 1.86 bits per heavy atom. The number of amides is 1. The average molecular weight is 390 g/mol. The van der Waals surface area contributed by atoms with Crippen molar-refractivity contribution in [1.29, 1.82) is 0 Å². The molecular weight excluding hydrogens is 370 g/mol. The molecule has 0 aliphatic heterocycles. The lowest BCUT2D eigenvalue weighted by Crippen LogP contribution is -2.22. The Morgan fingerprint density at radius 3 is 2.55 bits per heavy atom. The quantitative estimate of drug-likeness (QED) is 0.515. The molecular formula is C22H20N3O4-. The third kappa shape index (κ3) is 4.70. The fourth-order valence-corrected chi connectivity index (χ4v) is 2.78. The van der Waals surface area contributed by atoms with Crippen molar-refractivity contribution < 1.29 is 19.1 Å². The van der Waals surface area contributed by atoms with Crippen molar-refractivity contribution in [3.8, 4) is 11.3 Å². The predicted octanol–water partition coefficient (Wildman–Crippen LogP) is 2.45. The van der Waals surface area contributed by atoms with Crippen molar-refractivity contribution in [2.75, 3.05) is 19.0 Å². The van der Waals surface area contributed by atoms with Gasteiger partial charge in [0.05, 0.1) is 12.2 Å². The number of carbonyl (C=O) groups excluding carboxylic acids is 2. The van der Waals surface area contributed by atoms with Crippen LogP contribution in [0, 0.1) is 6.92 Å². The molecule has 2 aromatic carbocycles. The molecule has 0 aliphatic carbocycles. The van der Waals surface area contributed by atoms with Crippen LogP contribution in [0.3, 0.4) is 0 Å². The first-order chi connectivity index (χ1) is 13.8. The lowest BCUT2D eigenvalue weighted by atomic mass is 10.0. The molecule has 148 valence electrons. The van der Waals surface area contributed by atoms with Crippen LogP contribution in [0.1, 0.15) is 32.0 Å². The molecule has 0 saturated carbocycles. The van der Waals surface area contributed by atoms with Gasteiger partial charge in [-0.25, -0.2) is 5.43 Å². The number of hydrogen-bond acceptors (Lipinski definition) is 6. The maximum Gasteiger partial charge on any atom is 0.271 e. The van der Waals surface area contributed by atoms with Crippen molar-refractivity contribution in [3.05, 3.63) is 77.0 Å². The lowest BCUT2D eigenvalue weighted by molar-refractivity contribution is -0.255. The van der Waals surface area contributed by atoms with Crippen molar-refractivity contribution in [2.45, 2.75) is 6.92 Å². The third-order valence-electron chi connectivity index (χ3n) is 4.34. The van der Waals surface area contributed by atoms with Crippen LogP contribution in [-0.4, -0.2) is 32.2 Å². The summed E-state index contributed by atoms with van der Waals surface area (Å²) in [6.07, 6.45) is 1.40. The van der Waals surface area contributed by atoms with Gasteiger partial charge in [0.1, 0.15) is 11.5 Å². The molecule has 0 bridgehead atoms. The number of aryl methyl sites for hydroxylation is 1. The van der Waals surface area contributed by atoms with Gasteiger partial charge < -0.3 is 19.2 Å². The van der Waals surface area contributed by atoms with Gasteiger partial charge >= 0.3 is 0 Å². The monoisotopic (exact) mass is 390 g/mol. The highest BCUT2D eigenvalue weighted by Gasteiger charge is 2.09. The molecule has 7 nitrogen and oxygen atoms in total. The highest BCUT2D eigenvalue weighted by Crippen LogP contribution is 2.26. The first-order valence-electron chi connectivity index (χ1n) is 8.88. The maximum absolute atomic E-state index is 12.2. The summed E-state index contributed by atoms with van der Waals surface area (Å²) in [6.45, 7) is 1.79. The fourth-order valence-electron chi connectivity index (χ4n) is 2.78. The van der Waals surface area contributed by atoms with E-state index >= 15 is 0 Å². The Labute approximate surface area is 168 Å². The number of benzene rings is 2. The molecule has 0 unspecified atom stereocenters. The first kappa shape index (κ1) is 19.9. The minimum atomic E-state index is -1.22. The van der Waals surface area contributed by atoms with E-state index in [2.05, 4.69) is 10.5 Å². The Kier molecular flexibility index (Phi) is 5.78. The van der Waals surface area contributed by atoms with Gasteiger partial charge in [0.25, 0.3) is 5.91 Å². The van der Waals surface area contributed by atoms with Crippen molar-refractivity contribution in [3.63, 3.8) is 0 Å². The smallest absolute Gasteiger partial charge is 0.271 e. The maximum atomic E-state index is 12.2. The van der Waals surface area contributed by atoms with Crippen LogP contribution in [-0.2, 0) is 0 Å². The van der Waals surface area contributed by atoms with Crippen LogP contribution < -0.4 is 15.4 Å². The zero-order valence-electron chi connectivity index (χ0n) is 16.3. The summed E-state index contributed by atoms with van der Waals surface area (Å²) in [7, 11) is 3.80. The van der Waals surface area contributed by atoms with Crippen molar-refractivity contribution in [1.82, 2.24) is 5.43 Å². The minimum Gasteiger partial charge on any atom is -0.545 e. The number of nitrogens with one attached hydrogen (secondary N) is 1. The summed E-state index contributed by atoms with van der Waals surface area (Å²) in [5.74, 6) is -0.534. The van der Waals surface area contributed by atoms with E-state index in [0.29, 0.717) is 17.1 Å². The number of aromatic carboxylic acids is 1. The largest absolute Gasteiger partial charge is 0.545 e. The zero-order valence-corrected chi connectivity index (χ0v) is 16.3. The molecule has 29 heavy (non-hydrogen) atoms. The molecule has 1 aromatic heterocycles. The number of carbonyl (C=O) groups is 2. The minimum absolute atomic E-state index is 0.112. The molecule has 7 heteroatoms. The Hall–Kier alpha value is -3.87. The number of anilines is 1. The molecule has 1 N–H and O–H groups in total. The van der Waals surface area contributed by atoms with Gasteiger partial charge in [-0.3, -0.25) is 4.79 Å². The summed E-state index contributed by atoms with van der Waals surface area (Å²) in [6, 6.07) is 15.3. The van der Waals surface area contributed by atoms with Gasteiger partial charge in [0.15, 0.2) is 0 Å². The average Bonchev–Trinajstić information content (AvgIpc) is 3.16. The van der Waals surface area contributed by atoms with Gasteiger partial charge in [-0.05, 0) is 54.4 Å². The van der Waals surface area contributed by atoms with E-state index in [1.807, 2.05) is 25.1 Å². The second kappa shape index (κ2) is 8.43. The van der Waals surface area contributed by atoms with Gasteiger partial charge in [-0.2, -0.15) is 5.10 Å². The highest BCUT2D eigenvalue weighted by atomic mass is 16.4. The molecule has 0 saturated heterocycles. The van der Waals surface area contributed by atoms with Gasteiger partial charge in [-0.1, -0.05) is 18.2 Å². The number of nitrogens with zero attached hydrogens (tertiary/aromatic N) is 2. The molecule has 3 aromatic rings. The van der Waals surface area contributed by atoms with Crippen LogP contribution in [0.2, 0.25) is 0 Å². The molecule has 1 amide bonds. The molecule has 3 rings (SSSR count). The summed E-state index contributed by atoms with van der Waals surface area (Å²) in [5, 5.41) is 14.9. The van der Waals surface area contributed by atoms with E-state index < -0.39 is 5.97 Å². The number of furan rings is 1. The number of rotatable bonds is 6. The van der Waals surface area contributed by atoms with Crippen molar-refractivity contribution in [2.24, 2.45) is 5.10 Å². The molecule has 0 atom stereocenters. The van der Waals surface area contributed by atoms with E-state index in [1.165, 1.54) is 18.3 Å². The molecule has 0 fully saturated rings. The summed E-state index contributed by atoms with van der Waals surface area (Å²) in [5.41, 5.74) is 5.51. The normalized spacial score (nSPS) is 10.9. The lowest BCUT2D eigenvalue weighted by Gasteiger charge is -2.12. The third-order valence-corrected chi connectivity index (χ3v) is 4.34. The summed E-state index contributed by atoms with van der Waals surface area (Å²) in [4.78, 5) is 25.1. The van der Waals surface area contributed by atoms with Crippen LogP contribution in [0.4, 0.5) is 5.69 Å². The van der Waals surface area contributed by atoms with Gasteiger partial charge in [0, 0.05) is 30.9 Å². The summed E-state index contributed by atoms with van der Waals surface area (Å²) < 4.78 is 5.72. The van der Waals surface area contributed by atoms with E-state index in [9.17, 15) is 14.7 Å². The van der Waals surface area contributed by atoms with E-state index in [4.69, 9.17) is 4.42 Å². The summed E-state index contributed by atoms with van der Waals surface area (Å²) >= 11 is 0. The highest BCUT2D eigenvalue weighted by molar-refractivity contribution is 5.95. The van der Waals surface area contributed by atoms with Gasteiger partial charge in [0.2, 0.25) is 0 Å². The SMILES string of the molecule is Cc1cc(C(=O)[O-])ccc1-c1ccc(/C=N\NC(=O)c2cccc(N(C)C)c2)o1. The molecule has 0 radical (unpaired) electrons. The number of hydrogen-bond donors (Lipinski definition) is 1.